The van der Waals surface area contributed by atoms with E-state index in [2.05, 4.69) is 5.32 Å². The van der Waals surface area contributed by atoms with Crippen molar-refractivity contribution in [3.63, 3.8) is 0 Å². The number of carbonyl (C=O) groups excluding carboxylic acids is 1. The smallest absolute Gasteiger partial charge is 0.416 e. The number of alkyl halides is 3. The Morgan fingerprint density at radius 2 is 2.05 bits per heavy atom. The highest BCUT2D eigenvalue weighted by Gasteiger charge is 2.35. The van der Waals surface area contributed by atoms with Crippen molar-refractivity contribution in [2.75, 3.05) is 5.32 Å². The van der Waals surface area contributed by atoms with Crippen LogP contribution in [-0.2, 0) is 11.0 Å². The first-order chi connectivity index (χ1) is 9.20. The molecule has 1 fully saturated rings. The molecule has 1 aromatic rings. The summed E-state index contributed by atoms with van der Waals surface area (Å²) in [7, 11) is 0. The number of phenolic OH excluding ortho intramolecular Hbond substituents is 1. The minimum Gasteiger partial charge on any atom is -0.506 e. The average Bonchev–Trinajstić information content (AvgIpc) is 2.28. The number of hydrogen-bond acceptors (Lipinski definition) is 3. The highest BCUT2D eigenvalue weighted by atomic mass is 19.4. The Hall–Kier alpha value is -1.76. The molecule has 0 aromatic heterocycles. The quantitative estimate of drug-likeness (QED) is 0.748. The molecule has 1 aliphatic rings. The van der Waals surface area contributed by atoms with Gasteiger partial charge in [0.05, 0.1) is 11.3 Å². The summed E-state index contributed by atoms with van der Waals surface area (Å²) in [6, 6.07) is 2.36. The monoisotopic (exact) mass is 288 g/mol. The van der Waals surface area contributed by atoms with Crippen molar-refractivity contribution < 1.29 is 23.1 Å². The van der Waals surface area contributed by atoms with E-state index in [9.17, 15) is 23.1 Å². The van der Waals surface area contributed by atoms with Gasteiger partial charge >= 0.3 is 6.18 Å². The summed E-state index contributed by atoms with van der Waals surface area (Å²) >= 11 is 0. The normalized spacial score (nSPS) is 17.4. The van der Waals surface area contributed by atoms with Gasteiger partial charge in [0.1, 0.15) is 5.75 Å². The molecule has 2 rings (SSSR count). The lowest BCUT2D eigenvalue weighted by Gasteiger charge is -2.37. The van der Waals surface area contributed by atoms with Crippen molar-refractivity contribution in [1.82, 2.24) is 0 Å². The Bertz CT molecular complexity index is 525. The number of halogens is 3. The Kier molecular flexibility index (Phi) is 3.64. The van der Waals surface area contributed by atoms with Crippen molar-refractivity contribution in [1.29, 1.82) is 0 Å². The fraction of sp³-hybridized carbons (Fsp3) is 0.462. The number of hydrogen-bond donors (Lipinski definition) is 3. The van der Waals surface area contributed by atoms with Crippen molar-refractivity contribution in [2.24, 2.45) is 5.73 Å². The number of aromatic hydroxyl groups is 1. The van der Waals surface area contributed by atoms with E-state index in [4.69, 9.17) is 5.73 Å². The minimum atomic E-state index is -4.53. The maximum atomic E-state index is 12.6. The molecule has 0 saturated heterocycles. The number of nitrogens with two attached hydrogens (primary N) is 1. The molecule has 20 heavy (non-hydrogen) atoms. The summed E-state index contributed by atoms with van der Waals surface area (Å²) in [6.45, 7) is 0. The molecule has 1 amide bonds. The zero-order valence-electron chi connectivity index (χ0n) is 10.6. The molecule has 0 atom stereocenters. The van der Waals surface area contributed by atoms with Crippen LogP contribution in [0, 0.1) is 0 Å². The lowest BCUT2D eigenvalue weighted by atomic mass is 9.75. The first-order valence-electron chi connectivity index (χ1n) is 6.19. The molecule has 0 unspecified atom stereocenters. The largest absolute Gasteiger partial charge is 0.506 e. The number of benzene rings is 1. The fourth-order valence-electron chi connectivity index (χ4n) is 2.13. The Morgan fingerprint density at radius 1 is 1.40 bits per heavy atom. The molecular weight excluding hydrogens is 273 g/mol. The lowest BCUT2D eigenvalue weighted by molar-refractivity contribution is -0.137. The van der Waals surface area contributed by atoms with Crippen LogP contribution in [0.25, 0.3) is 0 Å². The molecule has 1 saturated carbocycles. The predicted octanol–water partition coefficient (Wildman–Crippen LogP) is 2.62. The molecule has 0 spiro atoms. The van der Waals surface area contributed by atoms with Crippen molar-refractivity contribution in [2.45, 2.75) is 37.4 Å². The van der Waals surface area contributed by atoms with E-state index in [0.29, 0.717) is 6.07 Å². The second-order valence-electron chi connectivity index (χ2n) is 5.17. The van der Waals surface area contributed by atoms with Crippen LogP contribution in [0.1, 0.15) is 31.2 Å². The number of nitrogens with one attached hydrogen (secondary N) is 1. The standard InChI is InChI=1S/C13H15F3N2O2/c14-13(15,16)8-2-3-10(19)9(6-8)18-11(20)7-12(17)4-1-5-12/h2-3,6,19H,1,4-5,7,17H2,(H,18,20). The molecular formula is C13H15F3N2O2. The van der Waals surface area contributed by atoms with Crippen LogP contribution in [0.5, 0.6) is 5.75 Å². The first kappa shape index (κ1) is 14.6. The van der Waals surface area contributed by atoms with Gasteiger partial charge in [0.25, 0.3) is 0 Å². The summed E-state index contributed by atoms with van der Waals surface area (Å²) in [4.78, 5) is 11.8. The average molecular weight is 288 g/mol. The molecule has 0 heterocycles. The lowest BCUT2D eigenvalue weighted by Crippen LogP contribution is -2.48. The van der Waals surface area contributed by atoms with Crippen LogP contribution in [0.15, 0.2) is 18.2 Å². The number of carbonyl (C=O) groups is 1. The van der Waals surface area contributed by atoms with Crippen molar-refractivity contribution in [3.05, 3.63) is 23.8 Å². The molecule has 4 nitrogen and oxygen atoms in total. The molecule has 1 aliphatic carbocycles. The maximum Gasteiger partial charge on any atom is 0.416 e. The van der Waals surface area contributed by atoms with Crippen LogP contribution in [0.3, 0.4) is 0 Å². The van der Waals surface area contributed by atoms with Crippen LogP contribution >= 0.6 is 0 Å². The van der Waals surface area contributed by atoms with E-state index in [1.54, 1.807) is 0 Å². The van der Waals surface area contributed by atoms with Gasteiger partial charge in [-0.25, -0.2) is 0 Å². The van der Waals surface area contributed by atoms with Gasteiger partial charge < -0.3 is 16.2 Å². The number of anilines is 1. The van der Waals surface area contributed by atoms with Crippen LogP contribution in [-0.4, -0.2) is 16.6 Å². The van der Waals surface area contributed by atoms with E-state index >= 15 is 0 Å². The highest BCUT2D eigenvalue weighted by Crippen LogP contribution is 2.35. The van der Waals surface area contributed by atoms with E-state index < -0.39 is 28.9 Å². The summed E-state index contributed by atoms with van der Waals surface area (Å²) in [5, 5.41) is 11.8. The molecule has 0 radical (unpaired) electrons. The van der Waals surface area contributed by atoms with Crippen molar-refractivity contribution >= 4 is 11.6 Å². The van der Waals surface area contributed by atoms with Crippen LogP contribution in [0.2, 0.25) is 0 Å². The summed E-state index contributed by atoms with van der Waals surface area (Å²) in [5.41, 5.74) is 4.13. The fourth-order valence-corrected chi connectivity index (χ4v) is 2.13. The third-order valence-electron chi connectivity index (χ3n) is 3.46. The predicted molar refractivity (Wildman–Crippen MR) is 67.1 cm³/mol. The minimum absolute atomic E-state index is 0.0304. The van der Waals surface area contributed by atoms with E-state index in [1.807, 2.05) is 0 Å². The van der Waals surface area contributed by atoms with Gasteiger partial charge in [-0.3, -0.25) is 4.79 Å². The second-order valence-corrected chi connectivity index (χ2v) is 5.17. The number of rotatable bonds is 3. The third-order valence-corrected chi connectivity index (χ3v) is 3.46. The molecule has 0 bridgehead atoms. The Labute approximate surface area is 113 Å². The van der Waals surface area contributed by atoms with Gasteiger partial charge in [-0.05, 0) is 37.5 Å². The van der Waals surface area contributed by atoms with E-state index in [-0.39, 0.29) is 12.1 Å². The van der Waals surface area contributed by atoms with E-state index in [0.717, 1.165) is 31.4 Å². The van der Waals surface area contributed by atoms with Gasteiger partial charge in [0.2, 0.25) is 5.91 Å². The summed E-state index contributed by atoms with van der Waals surface area (Å²) in [5.74, 6) is -0.909. The zero-order chi connectivity index (χ0) is 15.0. The van der Waals surface area contributed by atoms with Gasteiger partial charge in [0.15, 0.2) is 0 Å². The SMILES string of the molecule is NC1(CC(=O)Nc2cc(C(F)(F)F)ccc2O)CCC1. The topological polar surface area (TPSA) is 75.4 Å². The number of phenols is 1. The van der Waals surface area contributed by atoms with Crippen molar-refractivity contribution in [3.8, 4) is 5.75 Å². The second kappa shape index (κ2) is 4.97. The van der Waals surface area contributed by atoms with Gasteiger partial charge in [-0.2, -0.15) is 13.2 Å². The van der Waals surface area contributed by atoms with Gasteiger partial charge in [-0.1, -0.05) is 0 Å². The molecule has 7 heteroatoms. The van der Waals surface area contributed by atoms with Crippen LogP contribution in [0.4, 0.5) is 18.9 Å². The van der Waals surface area contributed by atoms with E-state index in [1.165, 1.54) is 0 Å². The summed E-state index contributed by atoms with van der Waals surface area (Å²) in [6.07, 6.45) is -2.12. The highest BCUT2D eigenvalue weighted by molar-refractivity contribution is 5.93. The third kappa shape index (κ3) is 3.22. The Morgan fingerprint density at radius 3 is 2.55 bits per heavy atom. The van der Waals surface area contributed by atoms with Gasteiger partial charge in [0, 0.05) is 12.0 Å². The first-order valence-corrected chi connectivity index (χ1v) is 6.19. The number of amides is 1. The molecule has 110 valence electrons. The van der Waals surface area contributed by atoms with Gasteiger partial charge in [-0.15, -0.1) is 0 Å². The zero-order valence-corrected chi connectivity index (χ0v) is 10.6. The van der Waals surface area contributed by atoms with Crippen LogP contribution < -0.4 is 11.1 Å². The molecule has 4 N–H and O–H groups in total. The molecule has 0 aliphatic heterocycles. The Balaban J connectivity index is 2.10. The maximum absolute atomic E-state index is 12.6. The summed E-state index contributed by atoms with van der Waals surface area (Å²) < 4.78 is 37.7. The molecule has 1 aromatic carbocycles.